The van der Waals surface area contributed by atoms with Crippen molar-refractivity contribution in [2.75, 3.05) is 11.1 Å². The van der Waals surface area contributed by atoms with Crippen molar-refractivity contribution in [2.24, 2.45) is 0 Å². The third kappa shape index (κ3) is 3.27. The van der Waals surface area contributed by atoms with Gasteiger partial charge in [-0.2, -0.15) is 5.10 Å². The average Bonchev–Trinajstić information content (AvgIpc) is 2.79. The number of nitrogen functional groups attached to an aromatic ring is 1. The summed E-state index contributed by atoms with van der Waals surface area (Å²) in [6.07, 6.45) is 2.78. The van der Waals surface area contributed by atoms with Gasteiger partial charge in [0, 0.05) is 11.8 Å². The van der Waals surface area contributed by atoms with Crippen LogP contribution in [0.3, 0.4) is 0 Å². The number of benzene rings is 1. The highest BCUT2D eigenvalue weighted by molar-refractivity contribution is 6.33. The molecule has 7 nitrogen and oxygen atoms in total. The molecule has 0 unspecified atom stereocenters. The van der Waals surface area contributed by atoms with Gasteiger partial charge in [-0.3, -0.25) is 14.3 Å². The smallest absolute Gasteiger partial charge is 0.325 e. The molecule has 2 aromatic rings. The van der Waals surface area contributed by atoms with Gasteiger partial charge in [-0.25, -0.2) is 0 Å². The first-order chi connectivity index (χ1) is 9.45. The van der Waals surface area contributed by atoms with Gasteiger partial charge in [-0.15, -0.1) is 0 Å². The number of carbonyl (C=O) groups excluding carboxylic acids is 1. The van der Waals surface area contributed by atoms with Crippen LogP contribution in [0, 0.1) is 0 Å². The van der Waals surface area contributed by atoms with Gasteiger partial charge in [0.05, 0.1) is 22.6 Å². The van der Waals surface area contributed by atoms with E-state index in [1.54, 1.807) is 0 Å². The van der Waals surface area contributed by atoms with Crippen molar-refractivity contribution in [3.63, 3.8) is 0 Å². The molecule has 0 spiro atoms. The van der Waals surface area contributed by atoms with Gasteiger partial charge < -0.3 is 16.2 Å². The highest BCUT2D eigenvalue weighted by Gasteiger charge is 2.10. The minimum atomic E-state index is -1.02. The lowest BCUT2D eigenvalue weighted by molar-refractivity contribution is -0.137. The zero-order valence-corrected chi connectivity index (χ0v) is 11.0. The number of aromatic nitrogens is 2. The van der Waals surface area contributed by atoms with Crippen molar-refractivity contribution >= 4 is 34.9 Å². The fraction of sp³-hybridized carbons (Fsp3) is 0.0833. The molecule has 8 heteroatoms. The van der Waals surface area contributed by atoms with Crippen LogP contribution >= 0.6 is 11.6 Å². The van der Waals surface area contributed by atoms with Gasteiger partial charge in [0.2, 0.25) is 0 Å². The van der Waals surface area contributed by atoms with Gasteiger partial charge >= 0.3 is 5.97 Å². The van der Waals surface area contributed by atoms with Crippen LogP contribution in [-0.2, 0) is 11.3 Å². The Hall–Kier alpha value is -2.54. The second kappa shape index (κ2) is 5.62. The molecule has 1 aromatic carbocycles. The summed E-state index contributed by atoms with van der Waals surface area (Å²) >= 11 is 5.84. The van der Waals surface area contributed by atoms with E-state index in [2.05, 4.69) is 10.4 Å². The number of aliphatic carboxylic acids is 1. The molecule has 104 valence electrons. The number of amides is 1. The number of carboxylic acid groups (broad SMARTS) is 1. The average molecular weight is 295 g/mol. The molecule has 20 heavy (non-hydrogen) atoms. The van der Waals surface area contributed by atoms with Crippen LogP contribution in [0.1, 0.15) is 10.4 Å². The van der Waals surface area contributed by atoms with Crippen LogP contribution in [0.15, 0.2) is 30.6 Å². The van der Waals surface area contributed by atoms with Crippen LogP contribution in [-0.4, -0.2) is 26.8 Å². The van der Waals surface area contributed by atoms with Crippen molar-refractivity contribution in [1.29, 1.82) is 0 Å². The first-order valence-electron chi connectivity index (χ1n) is 5.56. The Morgan fingerprint density at radius 3 is 2.85 bits per heavy atom. The van der Waals surface area contributed by atoms with Crippen LogP contribution in [0.5, 0.6) is 0 Å². The molecule has 0 saturated carbocycles. The summed E-state index contributed by atoms with van der Waals surface area (Å²) in [6.45, 7) is -0.274. The minimum Gasteiger partial charge on any atom is -0.480 e. The fourth-order valence-electron chi connectivity index (χ4n) is 1.52. The van der Waals surface area contributed by atoms with E-state index >= 15 is 0 Å². The first-order valence-corrected chi connectivity index (χ1v) is 5.94. The molecule has 1 amide bonds. The van der Waals surface area contributed by atoms with E-state index in [1.807, 2.05) is 0 Å². The summed E-state index contributed by atoms with van der Waals surface area (Å²) in [7, 11) is 0. The predicted octanol–water partition coefficient (Wildman–Crippen LogP) is 1.46. The second-order valence-corrected chi connectivity index (χ2v) is 4.42. The SMILES string of the molecule is Nc1ccc(C(=O)Nc2cnn(CC(=O)O)c2)cc1Cl. The molecule has 0 bridgehead atoms. The maximum atomic E-state index is 11.9. The Kier molecular flexibility index (Phi) is 3.90. The summed E-state index contributed by atoms with van der Waals surface area (Å²) in [5.74, 6) is -1.40. The van der Waals surface area contributed by atoms with E-state index in [-0.39, 0.29) is 12.5 Å². The largest absolute Gasteiger partial charge is 0.480 e. The third-order valence-electron chi connectivity index (χ3n) is 2.45. The lowest BCUT2D eigenvalue weighted by atomic mass is 10.2. The molecule has 0 aliphatic heterocycles. The number of halogens is 1. The highest BCUT2D eigenvalue weighted by atomic mass is 35.5. The zero-order valence-electron chi connectivity index (χ0n) is 10.2. The first kappa shape index (κ1) is 13.9. The van der Waals surface area contributed by atoms with Crippen LogP contribution in [0.4, 0.5) is 11.4 Å². The van der Waals surface area contributed by atoms with E-state index < -0.39 is 5.97 Å². The lowest BCUT2D eigenvalue weighted by Gasteiger charge is -2.04. The van der Waals surface area contributed by atoms with Gasteiger partial charge in [0.15, 0.2) is 0 Å². The quantitative estimate of drug-likeness (QED) is 0.739. The number of hydrogen-bond acceptors (Lipinski definition) is 4. The van der Waals surface area contributed by atoms with Crippen molar-refractivity contribution < 1.29 is 14.7 Å². The van der Waals surface area contributed by atoms with Crippen molar-refractivity contribution in [1.82, 2.24) is 9.78 Å². The van der Waals surface area contributed by atoms with E-state index in [1.165, 1.54) is 35.3 Å². The van der Waals surface area contributed by atoms with E-state index in [0.29, 0.717) is 22.0 Å². The number of nitrogens with two attached hydrogens (primary N) is 1. The predicted molar refractivity (Wildman–Crippen MR) is 73.7 cm³/mol. The Balaban J connectivity index is 2.09. The maximum absolute atomic E-state index is 11.9. The van der Waals surface area contributed by atoms with E-state index in [4.69, 9.17) is 22.4 Å². The summed E-state index contributed by atoms with van der Waals surface area (Å²) in [4.78, 5) is 22.5. The molecule has 2 rings (SSSR count). The fourth-order valence-corrected chi connectivity index (χ4v) is 1.71. The molecule has 1 heterocycles. The molecule has 0 fully saturated rings. The number of anilines is 2. The normalized spacial score (nSPS) is 10.2. The van der Waals surface area contributed by atoms with Crippen molar-refractivity contribution in [3.8, 4) is 0 Å². The minimum absolute atomic E-state index is 0.274. The lowest BCUT2D eigenvalue weighted by Crippen LogP contribution is -2.12. The topological polar surface area (TPSA) is 110 Å². The zero-order chi connectivity index (χ0) is 14.7. The molecule has 4 N–H and O–H groups in total. The Labute approximate surface area is 119 Å². The summed E-state index contributed by atoms with van der Waals surface area (Å²) < 4.78 is 1.20. The van der Waals surface area contributed by atoms with Crippen molar-refractivity contribution in [2.45, 2.75) is 6.54 Å². The number of nitrogens with zero attached hydrogens (tertiary/aromatic N) is 2. The molecule has 0 atom stereocenters. The van der Waals surface area contributed by atoms with E-state index in [9.17, 15) is 9.59 Å². The molecule has 0 aliphatic carbocycles. The van der Waals surface area contributed by atoms with Gasteiger partial charge in [0.1, 0.15) is 6.54 Å². The molecule has 0 saturated heterocycles. The second-order valence-electron chi connectivity index (χ2n) is 4.01. The molecular formula is C12H11ClN4O3. The summed E-state index contributed by atoms with van der Waals surface area (Å²) in [5, 5.41) is 15.3. The Morgan fingerprint density at radius 2 is 2.20 bits per heavy atom. The standard InChI is InChI=1S/C12H11ClN4O3/c13-9-3-7(1-2-10(9)14)12(20)16-8-4-15-17(5-8)6-11(18)19/h1-5H,6,14H2,(H,16,20)(H,18,19). The molecule has 0 radical (unpaired) electrons. The van der Waals surface area contributed by atoms with Crippen LogP contribution in [0.25, 0.3) is 0 Å². The number of nitrogens with one attached hydrogen (secondary N) is 1. The monoisotopic (exact) mass is 294 g/mol. The Bertz CT molecular complexity index is 668. The number of carboxylic acids is 1. The van der Waals surface area contributed by atoms with Crippen molar-refractivity contribution in [3.05, 3.63) is 41.2 Å². The third-order valence-corrected chi connectivity index (χ3v) is 2.78. The van der Waals surface area contributed by atoms with Gasteiger partial charge in [-0.05, 0) is 18.2 Å². The van der Waals surface area contributed by atoms with E-state index in [0.717, 1.165) is 0 Å². The summed E-state index contributed by atoms with van der Waals surface area (Å²) in [5.41, 5.74) is 6.68. The van der Waals surface area contributed by atoms with Crippen LogP contribution < -0.4 is 11.1 Å². The number of carbonyl (C=O) groups is 2. The Morgan fingerprint density at radius 1 is 1.45 bits per heavy atom. The maximum Gasteiger partial charge on any atom is 0.325 e. The molecular weight excluding hydrogens is 284 g/mol. The number of rotatable bonds is 4. The molecule has 1 aromatic heterocycles. The molecule has 0 aliphatic rings. The summed E-state index contributed by atoms with van der Waals surface area (Å²) in [6, 6.07) is 4.53. The highest BCUT2D eigenvalue weighted by Crippen LogP contribution is 2.20. The van der Waals surface area contributed by atoms with Gasteiger partial charge in [-0.1, -0.05) is 11.6 Å². The van der Waals surface area contributed by atoms with Gasteiger partial charge in [0.25, 0.3) is 5.91 Å². The number of hydrogen-bond donors (Lipinski definition) is 3. The van der Waals surface area contributed by atoms with Crippen LogP contribution in [0.2, 0.25) is 5.02 Å².